The van der Waals surface area contributed by atoms with Gasteiger partial charge in [-0.3, -0.25) is 0 Å². The van der Waals surface area contributed by atoms with Crippen molar-refractivity contribution in [2.24, 2.45) is 0 Å². The van der Waals surface area contributed by atoms with E-state index in [0.717, 1.165) is 12.1 Å². The molecule has 3 aromatic rings. The van der Waals surface area contributed by atoms with E-state index in [1.807, 2.05) is 0 Å². The van der Waals surface area contributed by atoms with Gasteiger partial charge < -0.3 is 21.3 Å². The van der Waals surface area contributed by atoms with Gasteiger partial charge in [0.05, 0.1) is 28.9 Å². The highest BCUT2D eigenvalue weighted by molar-refractivity contribution is 7.89. The van der Waals surface area contributed by atoms with Gasteiger partial charge in [0.15, 0.2) is 0 Å². The lowest BCUT2D eigenvalue weighted by Gasteiger charge is -2.10. The Kier molecular flexibility index (Phi) is 7.57. The van der Waals surface area contributed by atoms with E-state index in [1.54, 1.807) is 12.1 Å². The zero-order valence-corrected chi connectivity index (χ0v) is 19.5. The first-order chi connectivity index (χ1) is 17.3. The van der Waals surface area contributed by atoms with Crippen LogP contribution in [0.5, 0.6) is 0 Å². The molecule has 1 aliphatic rings. The van der Waals surface area contributed by atoms with Crippen molar-refractivity contribution in [2.75, 3.05) is 35.6 Å². The number of halogens is 2. The van der Waals surface area contributed by atoms with Gasteiger partial charge in [0, 0.05) is 24.8 Å². The molecule has 1 aliphatic heterocycles. The average Bonchev–Trinajstić information content (AvgIpc) is 2.84. The Morgan fingerprint density at radius 1 is 1.14 bits per heavy atom. The minimum absolute atomic E-state index is 0.0668. The molecule has 1 aromatic heterocycles. The zero-order valence-electron chi connectivity index (χ0n) is 18.7. The van der Waals surface area contributed by atoms with E-state index in [2.05, 4.69) is 47.8 Å². The smallest absolute Gasteiger partial charge is 0.320 e. The molecule has 186 valence electrons. The lowest BCUT2D eigenvalue weighted by molar-refractivity contribution is 0.253. The number of urea groups is 1. The third-order valence-electron chi connectivity index (χ3n) is 4.87. The van der Waals surface area contributed by atoms with E-state index < -0.39 is 27.7 Å². The third-order valence-corrected chi connectivity index (χ3v) is 6.33. The van der Waals surface area contributed by atoms with Gasteiger partial charge in [-0.2, -0.15) is 4.98 Å². The number of rotatable bonds is 2. The van der Waals surface area contributed by atoms with Crippen LogP contribution in [0.15, 0.2) is 53.6 Å². The van der Waals surface area contributed by atoms with Gasteiger partial charge in [-0.25, -0.2) is 31.7 Å². The van der Waals surface area contributed by atoms with Gasteiger partial charge in [0.25, 0.3) is 0 Å². The van der Waals surface area contributed by atoms with Crippen molar-refractivity contribution in [1.29, 1.82) is 0 Å². The van der Waals surface area contributed by atoms with Crippen molar-refractivity contribution in [1.82, 2.24) is 20.0 Å². The van der Waals surface area contributed by atoms with Gasteiger partial charge >= 0.3 is 6.03 Å². The molecule has 36 heavy (non-hydrogen) atoms. The van der Waals surface area contributed by atoms with Gasteiger partial charge in [-0.05, 0) is 36.8 Å². The number of anilines is 4. The molecular formula is C23H21F2N7O3S. The van der Waals surface area contributed by atoms with Crippen LogP contribution in [0.2, 0.25) is 0 Å². The lowest BCUT2D eigenvalue weighted by Crippen LogP contribution is -2.29. The van der Waals surface area contributed by atoms with Crippen LogP contribution in [-0.2, 0) is 10.0 Å². The van der Waals surface area contributed by atoms with E-state index in [0.29, 0.717) is 36.1 Å². The van der Waals surface area contributed by atoms with Gasteiger partial charge in [-0.15, -0.1) is 0 Å². The van der Waals surface area contributed by atoms with Crippen LogP contribution in [0.1, 0.15) is 12.0 Å². The Balaban J connectivity index is 1.45. The molecule has 5 N–H and O–H groups in total. The monoisotopic (exact) mass is 513 g/mol. The first kappa shape index (κ1) is 24.8. The highest BCUT2D eigenvalue weighted by atomic mass is 32.2. The number of carbonyl (C=O) groups excluding carboxylic acids is 1. The van der Waals surface area contributed by atoms with Crippen molar-refractivity contribution >= 4 is 39.2 Å². The molecule has 0 unspecified atom stereocenters. The molecule has 2 amide bonds. The van der Waals surface area contributed by atoms with Crippen LogP contribution in [0.4, 0.5) is 36.7 Å². The van der Waals surface area contributed by atoms with E-state index >= 15 is 0 Å². The molecule has 13 heteroatoms. The fourth-order valence-electron chi connectivity index (χ4n) is 3.14. The standard InChI is InChI=1S/C23H21F2N7O3S/c24-16-7-8-20(19(25)12-16)31-23(33)27-9-2-4-15-14-28-22-30-17-5-1-6-18(13-17)36(34,35)29-11-3-10-26-21(15)32-22/h1,5-8,12-14,29H,3,9-11H2,(H2,27,31,33)(H2,26,28,30,32). The van der Waals surface area contributed by atoms with Crippen LogP contribution in [-0.4, -0.2) is 44.1 Å². The lowest BCUT2D eigenvalue weighted by atomic mass is 10.3. The normalized spacial score (nSPS) is 14.3. The quantitative estimate of drug-likeness (QED) is 0.332. The number of carbonyl (C=O) groups is 1. The van der Waals surface area contributed by atoms with Crippen LogP contribution in [0.25, 0.3) is 0 Å². The molecule has 10 nitrogen and oxygen atoms in total. The minimum atomic E-state index is -3.65. The van der Waals surface area contributed by atoms with E-state index in [1.165, 1.54) is 18.3 Å². The summed E-state index contributed by atoms with van der Waals surface area (Å²) in [6.45, 7) is 0.567. The van der Waals surface area contributed by atoms with Crippen LogP contribution < -0.4 is 26.0 Å². The summed E-state index contributed by atoms with van der Waals surface area (Å²) in [5.41, 5.74) is 0.785. The highest BCUT2D eigenvalue weighted by Gasteiger charge is 2.15. The first-order valence-corrected chi connectivity index (χ1v) is 12.2. The SMILES string of the molecule is O=C(NCC#Cc1cnc2nc1NCCCNS(=O)(=O)c1cccc(c1)N2)Nc1ccc(F)cc1F. The van der Waals surface area contributed by atoms with Crippen molar-refractivity contribution in [2.45, 2.75) is 11.3 Å². The number of benzene rings is 2. The molecule has 0 radical (unpaired) electrons. The largest absolute Gasteiger partial charge is 0.369 e. The van der Waals surface area contributed by atoms with Crippen molar-refractivity contribution in [3.8, 4) is 11.8 Å². The summed E-state index contributed by atoms with van der Waals surface area (Å²) < 4.78 is 54.1. The second-order valence-corrected chi connectivity index (χ2v) is 9.29. The fraction of sp³-hybridized carbons (Fsp3) is 0.174. The molecule has 0 spiro atoms. The Labute approximate surface area is 206 Å². The summed E-state index contributed by atoms with van der Waals surface area (Å²) in [6, 6.07) is 8.39. The summed E-state index contributed by atoms with van der Waals surface area (Å²) >= 11 is 0. The molecule has 2 heterocycles. The number of aromatic nitrogens is 2. The number of hydrogen-bond acceptors (Lipinski definition) is 7. The number of amides is 2. The van der Waals surface area contributed by atoms with Crippen LogP contribution in [0.3, 0.4) is 0 Å². The third kappa shape index (κ3) is 6.44. The summed E-state index contributed by atoms with van der Waals surface area (Å²) in [7, 11) is -3.65. The first-order valence-electron chi connectivity index (χ1n) is 10.8. The highest BCUT2D eigenvalue weighted by Crippen LogP contribution is 2.21. The summed E-state index contributed by atoms with van der Waals surface area (Å²) in [6.07, 6.45) is 1.98. The van der Waals surface area contributed by atoms with Crippen molar-refractivity contribution in [3.63, 3.8) is 0 Å². The maximum atomic E-state index is 13.7. The van der Waals surface area contributed by atoms with E-state index in [-0.39, 0.29) is 29.6 Å². The summed E-state index contributed by atoms with van der Waals surface area (Å²) in [5, 5.41) is 10.8. The van der Waals surface area contributed by atoms with E-state index in [9.17, 15) is 22.0 Å². The van der Waals surface area contributed by atoms with Crippen molar-refractivity contribution in [3.05, 3.63) is 65.9 Å². The molecule has 4 rings (SSSR count). The van der Waals surface area contributed by atoms with Crippen LogP contribution >= 0.6 is 0 Å². The van der Waals surface area contributed by atoms with Gasteiger partial charge in [0.1, 0.15) is 17.5 Å². The predicted molar refractivity (Wildman–Crippen MR) is 130 cm³/mol. The number of hydrogen-bond donors (Lipinski definition) is 5. The molecule has 0 saturated carbocycles. The van der Waals surface area contributed by atoms with Crippen molar-refractivity contribution < 1.29 is 22.0 Å². The minimum Gasteiger partial charge on any atom is -0.369 e. The maximum Gasteiger partial charge on any atom is 0.320 e. The zero-order chi connectivity index (χ0) is 25.5. The number of nitrogens with zero attached hydrogens (tertiary/aromatic N) is 2. The number of fused-ring (bicyclic) bond motifs is 4. The molecule has 0 fully saturated rings. The molecule has 4 bridgehead atoms. The van der Waals surface area contributed by atoms with Gasteiger partial charge in [0.2, 0.25) is 16.0 Å². The topological polar surface area (TPSA) is 137 Å². The van der Waals surface area contributed by atoms with E-state index in [4.69, 9.17) is 0 Å². The molecule has 0 saturated heterocycles. The van der Waals surface area contributed by atoms with Crippen LogP contribution in [0, 0.1) is 23.5 Å². The number of sulfonamides is 1. The molecular weight excluding hydrogens is 492 g/mol. The maximum absolute atomic E-state index is 13.7. The van der Waals surface area contributed by atoms with Gasteiger partial charge in [-0.1, -0.05) is 17.9 Å². The summed E-state index contributed by atoms with van der Waals surface area (Å²) in [4.78, 5) is 20.8. The number of nitrogens with one attached hydrogen (secondary N) is 5. The average molecular weight is 514 g/mol. The second kappa shape index (κ2) is 11.0. The molecule has 0 aliphatic carbocycles. The Morgan fingerprint density at radius 3 is 2.83 bits per heavy atom. The molecule has 2 aromatic carbocycles. The Morgan fingerprint density at radius 2 is 2.00 bits per heavy atom. The fourth-order valence-corrected chi connectivity index (χ4v) is 4.26. The predicted octanol–water partition coefficient (Wildman–Crippen LogP) is 2.77. The summed E-state index contributed by atoms with van der Waals surface area (Å²) in [5.74, 6) is 4.65. The molecule has 0 atom stereocenters. The Bertz CT molecular complexity index is 1460. The Hall–Kier alpha value is -4.28. The second-order valence-electron chi connectivity index (χ2n) is 7.52.